The maximum absolute atomic E-state index is 4.68. The number of rotatable bonds is 0. The summed E-state index contributed by atoms with van der Waals surface area (Å²) in [5, 5.41) is 1.26. The quantitative estimate of drug-likeness (QED) is 0.666. The number of aromatic nitrogens is 2. The maximum atomic E-state index is 4.68. The summed E-state index contributed by atoms with van der Waals surface area (Å²) < 4.78 is 0. The average Bonchev–Trinajstić information content (AvgIpc) is 2.66. The van der Waals surface area contributed by atoms with Crippen LogP contribution in [0.5, 0.6) is 0 Å². The Labute approximate surface area is 97.1 Å². The number of H-pyrrole nitrogens is 1. The van der Waals surface area contributed by atoms with Gasteiger partial charge < -0.3 is 4.98 Å². The Balaban J connectivity index is 0.000000457. The summed E-state index contributed by atoms with van der Waals surface area (Å²) in [6, 6.07) is 4.41. The Morgan fingerprint density at radius 2 is 1.94 bits per heavy atom. The van der Waals surface area contributed by atoms with Crippen LogP contribution in [0.3, 0.4) is 0 Å². The van der Waals surface area contributed by atoms with E-state index in [0.29, 0.717) is 0 Å². The van der Waals surface area contributed by atoms with Crippen molar-refractivity contribution in [2.45, 2.75) is 46.0 Å². The molecule has 0 atom stereocenters. The first-order valence-electron chi connectivity index (χ1n) is 6.39. The van der Waals surface area contributed by atoms with Crippen LogP contribution in [-0.4, -0.2) is 9.97 Å². The van der Waals surface area contributed by atoms with E-state index in [2.05, 4.69) is 22.1 Å². The lowest BCUT2D eigenvalue weighted by Crippen LogP contribution is -1.95. The van der Waals surface area contributed by atoms with Crippen LogP contribution in [-0.2, 0) is 12.8 Å². The van der Waals surface area contributed by atoms with Crippen LogP contribution in [0, 0.1) is 0 Å². The van der Waals surface area contributed by atoms with E-state index in [1.165, 1.54) is 42.3 Å². The molecule has 3 rings (SSSR count). The van der Waals surface area contributed by atoms with Crippen LogP contribution in [0.25, 0.3) is 11.0 Å². The van der Waals surface area contributed by atoms with E-state index in [0.717, 1.165) is 12.1 Å². The van der Waals surface area contributed by atoms with Gasteiger partial charge in [0.15, 0.2) is 0 Å². The number of aryl methyl sites for hydroxylation is 2. The molecule has 2 nitrogen and oxygen atoms in total. The molecule has 0 saturated carbocycles. The first kappa shape index (κ1) is 11.2. The molecule has 0 aromatic carbocycles. The summed E-state index contributed by atoms with van der Waals surface area (Å²) in [6.07, 6.45) is 8.31. The van der Waals surface area contributed by atoms with Crippen LogP contribution in [0.15, 0.2) is 18.3 Å². The van der Waals surface area contributed by atoms with Gasteiger partial charge in [-0.15, -0.1) is 0 Å². The molecule has 86 valence electrons. The highest BCUT2D eigenvalue weighted by atomic mass is 14.8. The van der Waals surface area contributed by atoms with Crippen LogP contribution >= 0.6 is 0 Å². The molecule has 2 aromatic rings. The predicted molar refractivity (Wildman–Crippen MR) is 68.7 cm³/mol. The Kier molecular flexibility index (Phi) is 3.60. The lowest BCUT2D eigenvalue weighted by molar-refractivity contribution is 0.709. The Morgan fingerprint density at radius 1 is 1.12 bits per heavy atom. The second kappa shape index (κ2) is 5.15. The second-order valence-electron chi connectivity index (χ2n) is 4.07. The lowest BCUT2D eigenvalue weighted by atomic mass is 10.1. The molecule has 0 radical (unpaired) electrons. The molecule has 2 heterocycles. The minimum absolute atomic E-state index is 1.05. The standard InChI is InChI=1S/C12H14N2.C2H6/c1-2-4-9-8-10-6-7-13-12(10)14-11(9)5-3-1;1-2/h6-8H,1-5H2,(H,13,14);1-2H3. The van der Waals surface area contributed by atoms with Gasteiger partial charge in [-0.2, -0.15) is 0 Å². The van der Waals surface area contributed by atoms with Gasteiger partial charge in [0.25, 0.3) is 0 Å². The van der Waals surface area contributed by atoms with E-state index >= 15 is 0 Å². The summed E-state index contributed by atoms with van der Waals surface area (Å²) in [7, 11) is 0. The van der Waals surface area contributed by atoms with Gasteiger partial charge in [0.05, 0.1) is 0 Å². The fourth-order valence-corrected chi connectivity index (χ4v) is 2.28. The normalized spacial score (nSPS) is 14.9. The van der Waals surface area contributed by atoms with Gasteiger partial charge in [-0.3, -0.25) is 0 Å². The van der Waals surface area contributed by atoms with Gasteiger partial charge in [-0.25, -0.2) is 4.98 Å². The van der Waals surface area contributed by atoms with Gasteiger partial charge in [0.2, 0.25) is 0 Å². The summed E-state index contributed by atoms with van der Waals surface area (Å²) in [4.78, 5) is 7.86. The fraction of sp³-hybridized carbons (Fsp3) is 0.500. The molecule has 0 unspecified atom stereocenters. The number of pyridine rings is 1. The molecule has 0 aliphatic heterocycles. The lowest BCUT2D eigenvalue weighted by Gasteiger charge is -2.03. The number of nitrogens with zero attached hydrogens (tertiary/aromatic N) is 1. The minimum Gasteiger partial charge on any atom is -0.346 e. The number of nitrogens with one attached hydrogen (secondary N) is 1. The zero-order valence-corrected chi connectivity index (χ0v) is 10.2. The van der Waals surface area contributed by atoms with Crippen LogP contribution in [0.4, 0.5) is 0 Å². The van der Waals surface area contributed by atoms with Crippen molar-refractivity contribution >= 4 is 11.0 Å². The predicted octanol–water partition coefficient (Wildman–Crippen LogP) is 3.86. The van der Waals surface area contributed by atoms with E-state index < -0.39 is 0 Å². The van der Waals surface area contributed by atoms with Crippen LogP contribution in [0.2, 0.25) is 0 Å². The SMILES string of the molecule is CC.c1cc2cc3c(nc2[nH]1)CCCCC3. The van der Waals surface area contributed by atoms with Gasteiger partial charge in [0.1, 0.15) is 5.65 Å². The Hall–Kier alpha value is -1.31. The third-order valence-corrected chi connectivity index (χ3v) is 3.06. The number of fused-ring (bicyclic) bond motifs is 2. The zero-order chi connectivity index (χ0) is 11.4. The van der Waals surface area contributed by atoms with Crippen molar-refractivity contribution in [3.63, 3.8) is 0 Å². The monoisotopic (exact) mass is 216 g/mol. The average molecular weight is 216 g/mol. The molecule has 0 amide bonds. The third kappa shape index (κ3) is 2.11. The molecule has 0 spiro atoms. The molecule has 2 aromatic heterocycles. The van der Waals surface area contributed by atoms with Crippen molar-refractivity contribution < 1.29 is 0 Å². The van der Waals surface area contributed by atoms with E-state index in [1.54, 1.807) is 0 Å². The van der Waals surface area contributed by atoms with E-state index in [1.807, 2.05) is 20.0 Å². The van der Waals surface area contributed by atoms with E-state index in [9.17, 15) is 0 Å². The molecule has 1 aliphatic carbocycles. The minimum atomic E-state index is 1.05. The van der Waals surface area contributed by atoms with E-state index in [-0.39, 0.29) is 0 Å². The molecular formula is C14H20N2. The topological polar surface area (TPSA) is 28.7 Å². The van der Waals surface area contributed by atoms with Gasteiger partial charge in [-0.05, 0) is 43.4 Å². The highest BCUT2D eigenvalue weighted by Gasteiger charge is 2.10. The maximum Gasteiger partial charge on any atom is 0.137 e. The summed E-state index contributed by atoms with van der Waals surface area (Å²) in [6.45, 7) is 4.00. The molecular weight excluding hydrogens is 196 g/mol. The Morgan fingerprint density at radius 3 is 2.81 bits per heavy atom. The highest BCUT2D eigenvalue weighted by molar-refractivity contribution is 5.76. The molecule has 2 heteroatoms. The van der Waals surface area contributed by atoms with Crippen LogP contribution in [0.1, 0.15) is 44.4 Å². The Bertz CT molecular complexity index is 417. The summed E-state index contributed by atoms with van der Waals surface area (Å²) in [5.74, 6) is 0. The van der Waals surface area contributed by atoms with Crippen molar-refractivity contribution in [3.05, 3.63) is 29.6 Å². The number of hydrogen-bond acceptors (Lipinski definition) is 1. The van der Waals surface area contributed by atoms with Crippen molar-refractivity contribution in [1.82, 2.24) is 9.97 Å². The number of aromatic amines is 1. The summed E-state index contributed by atoms with van der Waals surface area (Å²) in [5.41, 5.74) is 3.83. The molecule has 0 bridgehead atoms. The van der Waals surface area contributed by atoms with Crippen LogP contribution < -0.4 is 0 Å². The van der Waals surface area contributed by atoms with Crippen molar-refractivity contribution in [2.75, 3.05) is 0 Å². The second-order valence-corrected chi connectivity index (χ2v) is 4.07. The largest absolute Gasteiger partial charge is 0.346 e. The summed E-state index contributed by atoms with van der Waals surface area (Å²) >= 11 is 0. The van der Waals surface area contributed by atoms with Crippen molar-refractivity contribution in [1.29, 1.82) is 0 Å². The third-order valence-electron chi connectivity index (χ3n) is 3.06. The van der Waals surface area contributed by atoms with Gasteiger partial charge >= 0.3 is 0 Å². The highest BCUT2D eigenvalue weighted by Crippen LogP contribution is 2.22. The van der Waals surface area contributed by atoms with Crippen molar-refractivity contribution in [3.8, 4) is 0 Å². The van der Waals surface area contributed by atoms with E-state index in [4.69, 9.17) is 0 Å². The zero-order valence-electron chi connectivity index (χ0n) is 10.2. The first-order valence-corrected chi connectivity index (χ1v) is 6.39. The first-order chi connectivity index (χ1) is 7.93. The molecule has 0 saturated heterocycles. The van der Waals surface area contributed by atoms with Crippen molar-refractivity contribution in [2.24, 2.45) is 0 Å². The molecule has 1 aliphatic rings. The van der Waals surface area contributed by atoms with Gasteiger partial charge in [-0.1, -0.05) is 20.3 Å². The molecule has 0 fully saturated rings. The molecule has 16 heavy (non-hydrogen) atoms. The number of hydrogen-bond donors (Lipinski definition) is 1. The molecule has 1 N–H and O–H groups in total. The fourth-order valence-electron chi connectivity index (χ4n) is 2.28. The smallest absolute Gasteiger partial charge is 0.137 e. The van der Waals surface area contributed by atoms with Gasteiger partial charge in [0, 0.05) is 17.3 Å².